The van der Waals surface area contributed by atoms with E-state index in [4.69, 9.17) is 9.47 Å². The first-order valence-electron chi connectivity index (χ1n) is 10.4. The van der Waals surface area contributed by atoms with Crippen molar-refractivity contribution >= 4 is 17.9 Å². The number of hydrogen-bond donors (Lipinski definition) is 1. The maximum absolute atomic E-state index is 12.5. The molecule has 6 heteroatoms. The number of likely N-dealkylation sites (tertiary alicyclic amines) is 1. The van der Waals surface area contributed by atoms with Crippen molar-refractivity contribution in [2.45, 2.75) is 19.3 Å². The van der Waals surface area contributed by atoms with Gasteiger partial charge < -0.3 is 19.7 Å². The fraction of sp³-hybridized carbons (Fsp3) is 0.333. The van der Waals surface area contributed by atoms with Crippen LogP contribution in [0.3, 0.4) is 0 Å². The van der Waals surface area contributed by atoms with Crippen molar-refractivity contribution in [2.75, 3.05) is 26.4 Å². The molecule has 6 nitrogen and oxygen atoms in total. The van der Waals surface area contributed by atoms with Crippen LogP contribution in [0.25, 0.3) is 6.08 Å². The van der Waals surface area contributed by atoms with Gasteiger partial charge in [-0.15, -0.1) is 0 Å². The van der Waals surface area contributed by atoms with Gasteiger partial charge in [0.1, 0.15) is 0 Å². The van der Waals surface area contributed by atoms with E-state index in [9.17, 15) is 9.59 Å². The zero-order valence-electron chi connectivity index (χ0n) is 16.9. The molecule has 0 bridgehead atoms. The highest BCUT2D eigenvalue weighted by Gasteiger charge is 2.26. The molecule has 4 rings (SSSR count). The van der Waals surface area contributed by atoms with Gasteiger partial charge in [0.15, 0.2) is 11.5 Å². The number of rotatable bonds is 6. The van der Waals surface area contributed by atoms with Crippen LogP contribution in [0.15, 0.2) is 54.6 Å². The maximum Gasteiger partial charge on any atom is 0.246 e. The second-order valence-electron chi connectivity index (χ2n) is 7.57. The average Bonchev–Trinajstić information content (AvgIpc) is 3.26. The molecular weight excluding hydrogens is 380 g/mol. The molecule has 0 radical (unpaired) electrons. The van der Waals surface area contributed by atoms with Crippen molar-refractivity contribution in [3.05, 3.63) is 65.7 Å². The Balaban J connectivity index is 1.19. The third-order valence-corrected chi connectivity index (χ3v) is 5.55. The monoisotopic (exact) mass is 406 g/mol. The molecule has 1 saturated heterocycles. The molecule has 2 aliphatic rings. The Bertz CT molecular complexity index is 918. The molecule has 1 N–H and O–H groups in total. The molecule has 0 aliphatic carbocycles. The van der Waals surface area contributed by atoms with Crippen molar-refractivity contribution in [2.24, 2.45) is 5.92 Å². The molecule has 30 heavy (non-hydrogen) atoms. The van der Waals surface area contributed by atoms with Gasteiger partial charge in [0.25, 0.3) is 0 Å². The molecule has 1 fully saturated rings. The Morgan fingerprint density at radius 2 is 1.80 bits per heavy atom. The van der Waals surface area contributed by atoms with Crippen molar-refractivity contribution in [1.82, 2.24) is 10.2 Å². The van der Waals surface area contributed by atoms with Crippen LogP contribution in [0.2, 0.25) is 0 Å². The third kappa shape index (κ3) is 5.00. The Hall–Kier alpha value is -3.28. The van der Waals surface area contributed by atoms with Gasteiger partial charge in [-0.05, 0) is 48.6 Å². The number of nitrogens with zero attached hydrogens (tertiary/aromatic N) is 1. The first-order valence-corrected chi connectivity index (χ1v) is 10.4. The summed E-state index contributed by atoms with van der Waals surface area (Å²) in [5.41, 5.74) is 2.10. The molecule has 2 aromatic carbocycles. The van der Waals surface area contributed by atoms with E-state index in [2.05, 4.69) is 5.32 Å². The van der Waals surface area contributed by atoms with E-state index in [-0.39, 0.29) is 24.5 Å². The van der Waals surface area contributed by atoms with Crippen LogP contribution in [-0.2, 0) is 16.0 Å². The van der Waals surface area contributed by atoms with Crippen LogP contribution < -0.4 is 14.8 Å². The summed E-state index contributed by atoms with van der Waals surface area (Å²) in [5, 5.41) is 3.03. The maximum atomic E-state index is 12.5. The number of amides is 2. The van der Waals surface area contributed by atoms with E-state index < -0.39 is 0 Å². The van der Waals surface area contributed by atoms with Crippen LogP contribution in [0.5, 0.6) is 11.5 Å². The number of ether oxygens (including phenoxy) is 2. The third-order valence-electron chi connectivity index (χ3n) is 5.55. The lowest BCUT2D eigenvalue weighted by Gasteiger charge is -2.30. The topological polar surface area (TPSA) is 67.9 Å². The minimum atomic E-state index is -0.0380. The van der Waals surface area contributed by atoms with Gasteiger partial charge in [-0.1, -0.05) is 36.4 Å². The highest BCUT2D eigenvalue weighted by atomic mass is 16.7. The molecule has 2 aromatic rings. The van der Waals surface area contributed by atoms with E-state index in [0.717, 1.165) is 29.0 Å². The summed E-state index contributed by atoms with van der Waals surface area (Å²) in [6.07, 6.45) is 5.57. The zero-order valence-corrected chi connectivity index (χ0v) is 16.9. The van der Waals surface area contributed by atoms with Crippen LogP contribution in [0.4, 0.5) is 0 Å². The Kier molecular flexibility index (Phi) is 6.32. The lowest BCUT2D eigenvalue weighted by molar-refractivity contribution is -0.132. The van der Waals surface area contributed by atoms with Crippen LogP contribution in [-0.4, -0.2) is 43.1 Å². The quantitative estimate of drug-likeness (QED) is 0.749. The first-order chi connectivity index (χ1) is 14.7. The lowest BCUT2D eigenvalue weighted by atomic mass is 9.95. The van der Waals surface area contributed by atoms with Gasteiger partial charge in [0.2, 0.25) is 18.6 Å². The summed E-state index contributed by atoms with van der Waals surface area (Å²) >= 11 is 0. The van der Waals surface area contributed by atoms with E-state index in [1.807, 2.05) is 59.5 Å². The number of hydrogen-bond acceptors (Lipinski definition) is 4. The number of carbonyl (C=O) groups is 2. The average molecular weight is 406 g/mol. The molecule has 0 aromatic heterocycles. The SMILES string of the molecule is O=C(NCCc1ccc2c(c1)OCO2)C1CCN(C(=O)C=Cc2ccccc2)CC1. The number of benzene rings is 2. The first kappa shape index (κ1) is 20.0. The standard InChI is InChI=1S/C24H26N2O4/c27-23(9-7-18-4-2-1-3-5-18)26-14-11-20(12-15-26)24(28)25-13-10-19-6-8-21-22(16-19)30-17-29-21/h1-9,16,20H,10-15,17H2,(H,25,28). The van der Waals surface area contributed by atoms with Crippen LogP contribution >= 0.6 is 0 Å². The molecule has 0 unspecified atom stereocenters. The second-order valence-corrected chi connectivity index (χ2v) is 7.57. The largest absolute Gasteiger partial charge is 0.454 e. The number of piperidine rings is 1. The van der Waals surface area contributed by atoms with Gasteiger partial charge in [-0.3, -0.25) is 9.59 Å². The van der Waals surface area contributed by atoms with E-state index in [1.54, 1.807) is 6.08 Å². The highest BCUT2D eigenvalue weighted by molar-refractivity contribution is 5.92. The van der Waals surface area contributed by atoms with Crippen LogP contribution in [0.1, 0.15) is 24.0 Å². The fourth-order valence-corrected chi connectivity index (χ4v) is 3.77. The van der Waals surface area contributed by atoms with Gasteiger partial charge in [-0.2, -0.15) is 0 Å². The number of fused-ring (bicyclic) bond motifs is 1. The van der Waals surface area contributed by atoms with E-state index >= 15 is 0 Å². The van der Waals surface area contributed by atoms with Gasteiger partial charge in [-0.25, -0.2) is 0 Å². The summed E-state index contributed by atoms with van der Waals surface area (Å²) in [6, 6.07) is 15.6. The van der Waals surface area contributed by atoms with Crippen molar-refractivity contribution in [3.63, 3.8) is 0 Å². The molecule has 2 aliphatic heterocycles. The van der Waals surface area contributed by atoms with Gasteiger partial charge >= 0.3 is 0 Å². The summed E-state index contributed by atoms with van der Waals surface area (Å²) in [5.74, 6) is 1.56. The van der Waals surface area contributed by atoms with E-state index in [0.29, 0.717) is 32.5 Å². The molecule has 2 heterocycles. The second kappa shape index (κ2) is 9.48. The predicted molar refractivity (Wildman–Crippen MR) is 114 cm³/mol. The summed E-state index contributed by atoms with van der Waals surface area (Å²) < 4.78 is 10.7. The fourth-order valence-electron chi connectivity index (χ4n) is 3.77. The number of carbonyl (C=O) groups excluding carboxylic acids is 2. The Morgan fingerprint density at radius 3 is 2.60 bits per heavy atom. The normalized spacial score (nSPS) is 16.1. The summed E-state index contributed by atoms with van der Waals surface area (Å²) in [7, 11) is 0. The minimum absolute atomic E-state index is 0.000481. The predicted octanol–water partition coefficient (Wildman–Crippen LogP) is 3.03. The Labute approximate surface area is 176 Å². The zero-order chi connectivity index (χ0) is 20.8. The van der Waals surface area contributed by atoms with Crippen molar-refractivity contribution in [1.29, 1.82) is 0 Å². The van der Waals surface area contributed by atoms with E-state index in [1.165, 1.54) is 0 Å². The molecular formula is C24H26N2O4. The molecule has 0 spiro atoms. The summed E-state index contributed by atoms with van der Waals surface area (Å²) in [6.45, 7) is 2.06. The highest BCUT2D eigenvalue weighted by Crippen LogP contribution is 2.32. The molecule has 0 saturated carbocycles. The lowest BCUT2D eigenvalue weighted by Crippen LogP contribution is -2.42. The smallest absolute Gasteiger partial charge is 0.246 e. The van der Waals surface area contributed by atoms with Gasteiger partial charge in [0.05, 0.1) is 0 Å². The molecule has 0 atom stereocenters. The molecule has 156 valence electrons. The summed E-state index contributed by atoms with van der Waals surface area (Å²) in [4.78, 5) is 26.7. The Morgan fingerprint density at radius 1 is 1.03 bits per heavy atom. The van der Waals surface area contributed by atoms with Gasteiger partial charge in [0, 0.05) is 31.6 Å². The molecule has 2 amide bonds. The van der Waals surface area contributed by atoms with Crippen molar-refractivity contribution < 1.29 is 19.1 Å². The van der Waals surface area contributed by atoms with Crippen LogP contribution in [0, 0.1) is 5.92 Å². The minimum Gasteiger partial charge on any atom is -0.454 e. The number of nitrogens with one attached hydrogen (secondary N) is 1. The van der Waals surface area contributed by atoms with Crippen molar-refractivity contribution in [3.8, 4) is 11.5 Å².